The maximum atomic E-state index is 12.5. The van der Waals surface area contributed by atoms with Gasteiger partial charge in [-0.15, -0.1) is 0 Å². The smallest absolute Gasteiger partial charge is 0.307 e. The molecule has 5 heteroatoms. The first-order chi connectivity index (χ1) is 12.8. The average molecular weight is 376 g/mol. The number of hydrogen-bond donors (Lipinski definition) is 2. The van der Waals surface area contributed by atoms with Crippen LogP contribution >= 0.6 is 0 Å². The van der Waals surface area contributed by atoms with Gasteiger partial charge in [-0.3, -0.25) is 9.59 Å². The topological polar surface area (TPSA) is 98.4 Å². The quantitative estimate of drug-likeness (QED) is 0.415. The van der Waals surface area contributed by atoms with Crippen LogP contribution in [0.3, 0.4) is 0 Å². The maximum absolute atomic E-state index is 12.5. The van der Waals surface area contributed by atoms with E-state index in [4.69, 9.17) is 0 Å². The maximum Gasteiger partial charge on any atom is 0.307 e. The van der Waals surface area contributed by atoms with Crippen LogP contribution in [0.15, 0.2) is 24.3 Å². The Morgan fingerprint density at radius 1 is 1.44 bits per heavy atom. The zero-order valence-electron chi connectivity index (χ0n) is 16.7. The molecule has 5 nitrogen and oxygen atoms in total. The van der Waals surface area contributed by atoms with E-state index in [1.165, 1.54) is 0 Å². The van der Waals surface area contributed by atoms with Gasteiger partial charge in [-0.05, 0) is 33.1 Å². The molecule has 0 amide bonds. The highest BCUT2D eigenvalue weighted by Gasteiger charge is 2.47. The monoisotopic (exact) mass is 375 g/mol. The van der Waals surface area contributed by atoms with Crippen LogP contribution in [0.4, 0.5) is 0 Å². The second-order valence-electron chi connectivity index (χ2n) is 7.77. The SMILES string of the molecule is C/C=C/CCC(C(=O)O)C1C(=O)C[C@H](C#N)C1/C=C/C(C)(O)CCCCC. The van der Waals surface area contributed by atoms with Gasteiger partial charge < -0.3 is 10.2 Å². The van der Waals surface area contributed by atoms with Crippen LogP contribution in [0.2, 0.25) is 0 Å². The number of ketones is 1. The van der Waals surface area contributed by atoms with Crippen molar-refractivity contribution < 1.29 is 19.8 Å². The molecular weight excluding hydrogens is 342 g/mol. The summed E-state index contributed by atoms with van der Waals surface area (Å²) in [6.45, 7) is 5.68. The minimum absolute atomic E-state index is 0.0849. The number of carbonyl (C=O) groups is 2. The molecule has 1 aliphatic rings. The van der Waals surface area contributed by atoms with Crippen molar-refractivity contribution in [2.45, 2.75) is 71.3 Å². The zero-order valence-corrected chi connectivity index (χ0v) is 16.7. The third-order valence-electron chi connectivity index (χ3n) is 5.43. The highest BCUT2D eigenvalue weighted by atomic mass is 16.4. The Morgan fingerprint density at radius 2 is 2.15 bits per heavy atom. The molecule has 1 rings (SSSR count). The van der Waals surface area contributed by atoms with Gasteiger partial charge >= 0.3 is 5.97 Å². The van der Waals surface area contributed by atoms with E-state index in [2.05, 4.69) is 13.0 Å². The molecule has 27 heavy (non-hydrogen) atoms. The van der Waals surface area contributed by atoms with E-state index in [0.717, 1.165) is 19.3 Å². The molecule has 2 N–H and O–H groups in total. The number of unbranched alkanes of at least 4 members (excludes halogenated alkanes) is 2. The summed E-state index contributed by atoms with van der Waals surface area (Å²) in [5.74, 6) is -3.67. The summed E-state index contributed by atoms with van der Waals surface area (Å²) in [5, 5.41) is 29.7. The summed E-state index contributed by atoms with van der Waals surface area (Å²) in [5.41, 5.74) is -1.02. The number of nitriles is 1. The van der Waals surface area contributed by atoms with Crippen LogP contribution < -0.4 is 0 Å². The molecule has 0 aromatic carbocycles. The molecule has 0 spiro atoms. The molecule has 4 unspecified atom stereocenters. The normalized spacial score (nSPS) is 26.3. The number of carbonyl (C=O) groups excluding carboxylic acids is 1. The molecule has 0 aromatic rings. The van der Waals surface area contributed by atoms with E-state index < -0.39 is 35.2 Å². The van der Waals surface area contributed by atoms with Gasteiger partial charge in [0.25, 0.3) is 0 Å². The van der Waals surface area contributed by atoms with Gasteiger partial charge in [0, 0.05) is 18.3 Å². The largest absolute Gasteiger partial charge is 0.481 e. The molecule has 0 saturated heterocycles. The third-order valence-corrected chi connectivity index (χ3v) is 5.43. The van der Waals surface area contributed by atoms with Crippen LogP contribution in [0.1, 0.15) is 65.7 Å². The van der Waals surface area contributed by atoms with Gasteiger partial charge in [0.15, 0.2) is 0 Å². The molecule has 0 bridgehead atoms. The Bertz CT molecular complexity index is 600. The molecule has 5 atom stereocenters. The fourth-order valence-corrected chi connectivity index (χ4v) is 3.87. The van der Waals surface area contributed by atoms with Crippen LogP contribution in [0, 0.1) is 35.0 Å². The predicted octanol–water partition coefficient (Wildman–Crippen LogP) is 4.28. The van der Waals surface area contributed by atoms with Crippen molar-refractivity contribution in [1.82, 2.24) is 0 Å². The van der Waals surface area contributed by atoms with Crippen molar-refractivity contribution in [1.29, 1.82) is 5.26 Å². The number of aliphatic hydroxyl groups is 1. The van der Waals surface area contributed by atoms with Crippen molar-refractivity contribution in [3.05, 3.63) is 24.3 Å². The summed E-state index contributed by atoms with van der Waals surface area (Å²) in [6, 6.07) is 2.16. The van der Waals surface area contributed by atoms with Gasteiger partial charge in [0.2, 0.25) is 0 Å². The summed E-state index contributed by atoms with van der Waals surface area (Å²) in [4.78, 5) is 24.3. The van der Waals surface area contributed by atoms with E-state index in [1.807, 2.05) is 19.1 Å². The minimum atomic E-state index is -1.02. The van der Waals surface area contributed by atoms with Crippen molar-refractivity contribution in [2.24, 2.45) is 23.7 Å². The lowest BCUT2D eigenvalue weighted by atomic mass is 9.78. The molecular formula is C22H33NO4. The standard InChI is InChI=1S/C22H33NO4/c1-4-6-8-10-18(21(25)26)20-17(16(15-23)14-19(20)24)11-13-22(3,27)12-9-7-5-2/h4,6,11,13,16-18,20,27H,5,7-10,12,14H2,1-3H3,(H,25,26)/b6-4+,13-11+/t16-,17?,18?,20?,22?/m1/s1. The first-order valence-corrected chi connectivity index (χ1v) is 9.95. The number of rotatable bonds is 11. The fourth-order valence-electron chi connectivity index (χ4n) is 3.87. The lowest BCUT2D eigenvalue weighted by Crippen LogP contribution is -2.31. The Labute approximate surface area is 162 Å². The molecule has 1 saturated carbocycles. The molecule has 0 radical (unpaired) electrons. The second kappa shape index (κ2) is 11.0. The van der Waals surface area contributed by atoms with E-state index >= 15 is 0 Å². The molecule has 0 heterocycles. The van der Waals surface area contributed by atoms with Crippen molar-refractivity contribution >= 4 is 11.8 Å². The number of carboxylic acids is 1. The summed E-state index contributed by atoms with van der Waals surface area (Å²) < 4.78 is 0. The van der Waals surface area contributed by atoms with Crippen molar-refractivity contribution in [3.63, 3.8) is 0 Å². The van der Waals surface area contributed by atoms with Gasteiger partial charge in [-0.25, -0.2) is 0 Å². The van der Waals surface area contributed by atoms with Crippen molar-refractivity contribution in [3.8, 4) is 6.07 Å². The Kier molecular flexibility index (Phi) is 9.45. The molecule has 1 aliphatic carbocycles. The Morgan fingerprint density at radius 3 is 2.70 bits per heavy atom. The molecule has 150 valence electrons. The van der Waals surface area contributed by atoms with Crippen LogP contribution in [0.25, 0.3) is 0 Å². The highest BCUT2D eigenvalue weighted by molar-refractivity contribution is 5.89. The average Bonchev–Trinajstić information content (AvgIpc) is 2.92. The predicted molar refractivity (Wildman–Crippen MR) is 105 cm³/mol. The number of allylic oxidation sites excluding steroid dienone is 3. The number of hydrogen-bond acceptors (Lipinski definition) is 4. The van der Waals surface area contributed by atoms with Gasteiger partial charge in [-0.2, -0.15) is 5.26 Å². The lowest BCUT2D eigenvalue weighted by Gasteiger charge is -2.25. The zero-order chi connectivity index (χ0) is 20.4. The summed E-state index contributed by atoms with van der Waals surface area (Å²) in [6.07, 6.45) is 11.7. The van der Waals surface area contributed by atoms with Crippen LogP contribution in [-0.2, 0) is 9.59 Å². The number of Topliss-reactive ketones (excluding diaryl/α,β-unsaturated/α-hetero) is 1. The number of nitrogens with zero attached hydrogens (tertiary/aromatic N) is 1. The van der Waals surface area contributed by atoms with Crippen LogP contribution in [0.5, 0.6) is 0 Å². The Balaban J connectivity index is 3.03. The number of aliphatic carboxylic acids is 1. The van der Waals surface area contributed by atoms with Gasteiger partial charge in [0.1, 0.15) is 5.78 Å². The van der Waals surface area contributed by atoms with E-state index in [1.54, 1.807) is 19.1 Å². The Hall–Kier alpha value is -1.93. The molecule has 0 aliphatic heterocycles. The summed E-state index contributed by atoms with van der Waals surface area (Å²) >= 11 is 0. The fraction of sp³-hybridized carbons (Fsp3) is 0.682. The highest BCUT2D eigenvalue weighted by Crippen LogP contribution is 2.41. The second-order valence-corrected chi connectivity index (χ2v) is 7.77. The van der Waals surface area contributed by atoms with E-state index in [0.29, 0.717) is 19.3 Å². The molecule has 1 fully saturated rings. The van der Waals surface area contributed by atoms with E-state index in [9.17, 15) is 25.1 Å². The third kappa shape index (κ3) is 6.95. The minimum Gasteiger partial charge on any atom is -0.481 e. The molecule has 0 aromatic heterocycles. The van der Waals surface area contributed by atoms with Gasteiger partial charge in [0.05, 0.1) is 23.5 Å². The lowest BCUT2D eigenvalue weighted by molar-refractivity contribution is -0.146. The first kappa shape index (κ1) is 23.1. The van der Waals surface area contributed by atoms with Crippen LogP contribution in [-0.4, -0.2) is 27.6 Å². The number of carboxylic acid groups (broad SMARTS) is 1. The first-order valence-electron chi connectivity index (χ1n) is 9.95. The van der Waals surface area contributed by atoms with E-state index in [-0.39, 0.29) is 12.2 Å². The van der Waals surface area contributed by atoms with Crippen molar-refractivity contribution in [2.75, 3.05) is 0 Å². The summed E-state index contributed by atoms with van der Waals surface area (Å²) in [7, 11) is 0. The van der Waals surface area contributed by atoms with Gasteiger partial charge in [-0.1, -0.05) is 50.5 Å².